The molecule has 2 amide bonds. The summed E-state index contributed by atoms with van der Waals surface area (Å²) in [7, 11) is 0. The summed E-state index contributed by atoms with van der Waals surface area (Å²) in [6.07, 6.45) is 0.825. The maximum absolute atomic E-state index is 12.3. The van der Waals surface area contributed by atoms with Gasteiger partial charge in [0.1, 0.15) is 0 Å². The number of anilines is 2. The number of aryl methyl sites for hydroxylation is 1. The lowest BCUT2D eigenvalue weighted by Crippen LogP contribution is -2.19. The van der Waals surface area contributed by atoms with Crippen LogP contribution in [0.15, 0.2) is 71.7 Å². The van der Waals surface area contributed by atoms with Crippen LogP contribution in [0.3, 0.4) is 0 Å². The van der Waals surface area contributed by atoms with E-state index in [0.717, 1.165) is 22.9 Å². The van der Waals surface area contributed by atoms with E-state index >= 15 is 0 Å². The van der Waals surface area contributed by atoms with Gasteiger partial charge in [-0.05, 0) is 42.3 Å². The lowest BCUT2D eigenvalue weighted by Gasteiger charge is -2.08. The Morgan fingerprint density at radius 3 is 2.47 bits per heavy atom. The van der Waals surface area contributed by atoms with Crippen molar-refractivity contribution in [2.24, 2.45) is 4.99 Å². The lowest BCUT2D eigenvalue weighted by molar-refractivity contribution is 0.262. The average molecular weight is 413 g/mol. The summed E-state index contributed by atoms with van der Waals surface area (Å²) in [5, 5.41) is 6.70. The lowest BCUT2D eigenvalue weighted by atomic mass is 10.1. The number of urea groups is 1. The summed E-state index contributed by atoms with van der Waals surface area (Å²) < 4.78 is 0. The maximum Gasteiger partial charge on any atom is 0.323 e. The van der Waals surface area contributed by atoms with E-state index in [2.05, 4.69) is 46.7 Å². The van der Waals surface area contributed by atoms with Gasteiger partial charge in [0.2, 0.25) is 0 Å². The molecule has 6 heteroatoms. The summed E-state index contributed by atoms with van der Waals surface area (Å²) >= 11 is 1.75. The zero-order valence-electron chi connectivity index (χ0n) is 16.5. The van der Waals surface area contributed by atoms with Crippen molar-refractivity contribution in [3.05, 3.63) is 94.8 Å². The number of benzene rings is 3. The second-order valence-electron chi connectivity index (χ2n) is 7.04. The van der Waals surface area contributed by atoms with Crippen molar-refractivity contribution in [2.75, 3.05) is 10.6 Å². The van der Waals surface area contributed by atoms with Crippen molar-refractivity contribution in [1.82, 2.24) is 0 Å². The third-order valence-electron chi connectivity index (χ3n) is 4.71. The SMILES string of the molecule is [C-]#[N+]c1ccc(NC(=O)Nc2ccc3c(c2)N=C(SCc2ccc(C)cc2)C3)cc1. The van der Waals surface area contributed by atoms with Crippen molar-refractivity contribution >= 4 is 45.6 Å². The van der Waals surface area contributed by atoms with Gasteiger partial charge in [0.15, 0.2) is 5.69 Å². The molecule has 0 bridgehead atoms. The number of fused-ring (bicyclic) bond motifs is 1. The molecular weight excluding hydrogens is 392 g/mol. The number of hydrogen-bond acceptors (Lipinski definition) is 3. The largest absolute Gasteiger partial charge is 0.323 e. The molecule has 5 nitrogen and oxygen atoms in total. The Labute approximate surface area is 180 Å². The van der Waals surface area contributed by atoms with Gasteiger partial charge in [0.25, 0.3) is 0 Å². The van der Waals surface area contributed by atoms with Crippen molar-refractivity contribution in [3.63, 3.8) is 0 Å². The molecule has 0 atom stereocenters. The minimum atomic E-state index is -0.332. The Hall–Kier alpha value is -3.56. The quantitative estimate of drug-likeness (QED) is 0.468. The number of carbonyl (C=O) groups is 1. The first-order valence-electron chi connectivity index (χ1n) is 9.53. The van der Waals surface area contributed by atoms with E-state index in [1.807, 2.05) is 18.2 Å². The van der Waals surface area contributed by atoms with Gasteiger partial charge in [-0.2, -0.15) is 0 Å². The maximum atomic E-state index is 12.3. The van der Waals surface area contributed by atoms with E-state index in [-0.39, 0.29) is 6.03 Å². The predicted octanol–water partition coefficient (Wildman–Crippen LogP) is 6.71. The van der Waals surface area contributed by atoms with E-state index in [9.17, 15) is 4.79 Å². The molecule has 0 aromatic heterocycles. The first-order chi connectivity index (χ1) is 14.6. The van der Waals surface area contributed by atoms with Gasteiger partial charge in [-0.15, -0.1) is 11.8 Å². The zero-order valence-corrected chi connectivity index (χ0v) is 17.3. The van der Waals surface area contributed by atoms with Gasteiger partial charge in [0, 0.05) is 23.5 Å². The molecule has 0 radical (unpaired) electrons. The predicted molar refractivity (Wildman–Crippen MR) is 125 cm³/mol. The fourth-order valence-electron chi connectivity index (χ4n) is 3.08. The van der Waals surface area contributed by atoms with E-state index in [4.69, 9.17) is 11.6 Å². The highest BCUT2D eigenvalue weighted by atomic mass is 32.2. The highest BCUT2D eigenvalue weighted by Gasteiger charge is 2.16. The fourth-order valence-corrected chi connectivity index (χ4v) is 4.03. The number of aliphatic imine (C=N–C) groups is 1. The standard InChI is InChI=1S/C24H20N4OS/c1-16-3-5-17(6-4-16)15-30-23-13-18-7-8-21(14-22(18)28-23)27-24(29)26-20-11-9-19(25-2)10-12-20/h3-12,14H,13,15H2,1H3,(H2,26,27,29). The molecule has 30 heavy (non-hydrogen) atoms. The van der Waals surface area contributed by atoms with Crippen LogP contribution in [0.5, 0.6) is 0 Å². The molecule has 148 valence electrons. The van der Waals surface area contributed by atoms with Crippen molar-refractivity contribution in [3.8, 4) is 0 Å². The number of nitrogens with one attached hydrogen (secondary N) is 2. The number of nitrogens with zero attached hydrogens (tertiary/aromatic N) is 2. The minimum absolute atomic E-state index is 0.332. The Morgan fingerprint density at radius 2 is 1.73 bits per heavy atom. The molecule has 2 N–H and O–H groups in total. The molecule has 0 saturated heterocycles. The van der Waals surface area contributed by atoms with Crippen molar-refractivity contribution < 1.29 is 4.79 Å². The Kier molecular flexibility index (Phi) is 5.82. The molecule has 1 aliphatic rings. The molecule has 3 aromatic rings. The fraction of sp³-hybridized carbons (Fsp3) is 0.125. The Balaban J connectivity index is 1.35. The Morgan fingerprint density at radius 1 is 1.03 bits per heavy atom. The van der Waals surface area contributed by atoms with Crippen LogP contribution in [0.1, 0.15) is 16.7 Å². The van der Waals surface area contributed by atoms with Crippen molar-refractivity contribution in [2.45, 2.75) is 19.1 Å². The van der Waals surface area contributed by atoms with Gasteiger partial charge in [-0.25, -0.2) is 14.6 Å². The summed E-state index contributed by atoms with van der Waals surface area (Å²) in [5.41, 5.74) is 6.48. The highest BCUT2D eigenvalue weighted by molar-refractivity contribution is 8.13. The van der Waals surface area contributed by atoms with Crippen molar-refractivity contribution in [1.29, 1.82) is 0 Å². The molecule has 1 heterocycles. The molecule has 3 aromatic carbocycles. The molecule has 4 rings (SSSR count). The number of hydrogen-bond donors (Lipinski definition) is 2. The third-order valence-corrected chi connectivity index (χ3v) is 5.76. The van der Waals surface area contributed by atoms with Crippen LogP contribution in [0.4, 0.5) is 27.5 Å². The number of carbonyl (C=O) groups excluding carboxylic acids is 1. The average Bonchev–Trinajstić information content (AvgIpc) is 3.16. The first kappa shape index (κ1) is 19.7. The van der Waals surface area contributed by atoms with E-state index in [1.54, 1.807) is 36.0 Å². The summed E-state index contributed by atoms with van der Waals surface area (Å²) in [6, 6.07) is 20.8. The number of amides is 2. The summed E-state index contributed by atoms with van der Waals surface area (Å²) in [4.78, 5) is 20.3. The first-order valence-corrected chi connectivity index (χ1v) is 10.5. The second-order valence-corrected chi connectivity index (χ2v) is 8.09. The number of rotatable bonds is 4. The molecule has 1 aliphatic heterocycles. The Bertz CT molecular complexity index is 1150. The van der Waals surface area contributed by atoms with Crippen LogP contribution in [0, 0.1) is 13.5 Å². The van der Waals surface area contributed by atoms with E-state index in [0.29, 0.717) is 17.1 Å². The second kappa shape index (κ2) is 8.85. The monoisotopic (exact) mass is 412 g/mol. The zero-order chi connectivity index (χ0) is 20.9. The topological polar surface area (TPSA) is 57.9 Å². The molecular formula is C24H20N4OS. The number of thioether (sulfide) groups is 1. The van der Waals surface area contributed by atoms with Crippen LogP contribution in [-0.4, -0.2) is 11.1 Å². The van der Waals surface area contributed by atoms with Gasteiger partial charge >= 0.3 is 6.03 Å². The van der Waals surface area contributed by atoms with E-state index < -0.39 is 0 Å². The molecule has 0 saturated carbocycles. The van der Waals surface area contributed by atoms with Crippen LogP contribution in [0.2, 0.25) is 0 Å². The van der Waals surface area contributed by atoms with Crippen LogP contribution < -0.4 is 10.6 Å². The van der Waals surface area contributed by atoms with Gasteiger partial charge in [-0.3, -0.25) is 0 Å². The smallest absolute Gasteiger partial charge is 0.308 e. The molecule has 0 spiro atoms. The third kappa shape index (κ3) is 4.88. The van der Waals surface area contributed by atoms with Gasteiger partial charge < -0.3 is 10.6 Å². The normalized spacial score (nSPS) is 11.9. The van der Waals surface area contributed by atoms with Crippen LogP contribution in [-0.2, 0) is 12.2 Å². The minimum Gasteiger partial charge on any atom is -0.308 e. The van der Waals surface area contributed by atoms with Gasteiger partial charge in [-0.1, -0.05) is 48.0 Å². The van der Waals surface area contributed by atoms with Gasteiger partial charge in [0.05, 0.1) is 17.3 Å². The molecule has 0 unspecified atom stereocenters. The highest BCUT2D eigenvalue weighted by Crippen LogP contribution is 2.33. The van der Waals surface area contributed by atoms with Crippen LogP contribution in [0.25, 0.3) is 4.85 Å². The molecule has 0 fully saturated rings. The van der Waals surface area contributed by atoms with E-state index in [1.165, 1.54) is 16.7 Å². The van der Waals surface area contributed by atoms with Crippen LogP contribution >= 0.6 is 11.8 Å². The summed E-state index contributed by atoms with van der Waals surface area (Å²) in [6.45, 7) is 9.06. The molecule has 0 aliphatic carbocycles. The summed E-state index contributed by atoms with van der Waals surface area (Å²) in [5.74, 6) is 0.896.